The highest BCUT2D eigenvalue weighted by Crippen LogP contribution is 2.60. The summed E-state index contributed by atoms with van der Waals surface area (Å²) in [6.45, 7) is 12.9. The molecule has 31 heavy (non-hydrogen) atoms. The van der Waals surface area contributed by atoms with Crippen LogP contribution >= 0.6 is 0 Å². The Balaban J connectivity index is 1.89. The Kier molecular flexibility index (Phi) is 7.60. The molecule has 1 aliphatic carbocycles. The van der Waals surface area contributed by atoms with Crippen LogP contribution in [0.3, 0.4) is 0 Å². The van der Waals surface area contributed by atoms with Gasteiger partial charge in [-0.2, -0.15) is 10.5 Å². The van der Waals surface area contributed by atoms with Crippen molar-refractivity contribution in [2.24, 2.45) is 17.3 Å². The molecule has 0 saturated carbocycles. The molecule has 0 N–H and O–H groups in total. The molecule has 2 bridgehead atoms. The summed E-state index contributed by atoms with van der Waals surface area (Å²) in [6.07, 6.45) is 12.9. The fraction of sp³-hybridized carbons (Fsp3) is 0.846. The Bertz CT molecular complexity index is 735. The molecule has 2 saturated heterocycles. The maximum atomic E-state index is 10.3. The zero-order valence-electron chi connectivity index (χ0n) is 20.4. The topological polar surface area (TPSA) is 50.8 Å². The number of rotatable bonds is 10. The smallest absolute Gasteiger partial charge is 0.396 e. The Morgan fingerprint density at radius 2 is 1.74 bits per heavy atom. The summed E-state index contributed by atoms with van der Waals surface area (Å²) in [5, 5.41) is 20.6. The highest BCUT2D eigenvalue weighted by molar-refractivity contribution is 5.97. The van der Waals surface area contributed by atoms with E-state index in [1.54, 1.807) is 0 Å². The van der Waals surface area contributed by atoms with Gasteiger partial charge in [0.05, 0.1) is 19.6 Å². The number of nitrogens with zero attached hydrogens (tertiary/aromatic N) is 4. The largest absolute Gasteiger partial charge is 0.481 e. The van der Waals surface area contributed by atoms with Crippen molar-refractivity contribution in [1.82, 2.24) is 4.90 Å². The van der Waals surface area contributed by atoms with Gasteiger partial charge in [0.25, 0.3) is 0 Å². The van der Waals surface area contributed by atoms with Crippen molar-refractivity contribution in [2.75, 3.05) is 26.2 Å². The van der Waals surface area contributed by atoms with E-state index >= 15 is 0 Å². The maximum absolute atomic E-state index is 10.3. The number of likely N-dealkylation sites (tertiary alicyclic amines) is 1. The van der Waals surface area contributed by atoms with Gasteiger partial charge in [-0.15, -0.1) is 0 Å². The molecule has 5 heteroatoms. The molecule has 2 radical (unpaired) electrons. The predicted octanol–water partition coefficient (Wildman–Crippen LogP) is 5.12. The van der Waals surface area contributed by atoms with Crippen molar-refractivity contribution in [2.45, 2.75) is 97.1 Å². The third-order valence-electron chi connectivity index (χ3n) is 8.62. The van der Waals surface area contributed by atoms with Crippen LogP contribution < -0.4 is 0 Å². The van der Waals surface area contributed by atoms with E-state index in [1.807, 2.05) is 0 Å². The Morgan fingerprint density at radius 3 is 2.35 bits per heavy atom. The molecule has 5 atom stereocenters. The molecule has 0 aromatic carbocycles. The minimum Gasteiger partial charge on any atom is -0.396 e. The first-order chi connectivity index (χ1) is 14.8. The lowest BCUT2D eigenvalue weighted by atomic mass is 9.49. The summed E-state index contributed by atoms with van der Waals surface area (Å²) in [5.74, 6) is 0.343. The lowest BCUT2D eigenvalue weighted by molar-refractivity contribution is -0.835. The highest BCUT2D eigenvalue weighted by Gasteiger charge is 2.68. The predicted molar refractivity (Wildman–Crippen MR) is 127 cm³/mol. The van der Waals surface area contributed by atoms with Crippen molar-refractivity contribution >= 4 is 7.98 Å². The standard InChI is InChI=1S/C26H42BN4/c1-5-7-9-11-14-30-24-21(3)17-23(26(30,18-28)19-29)22-13-16-31(27,20-25(22,24)4)15-12-10-8-6-2/h17,22-24H,5-16,20H2,1-4H3/q+1/t22-,23+,24-,25-,31-/m0/s1. The molecule has 0 unspecified atom stereocenters. The molecule has 3 heterocycles. The molecule has 4 nitrogen and oxygen atoms in total. The van der Waals surface area contributed by atoms with Crippen molar-refractivity contribution in [3.8, 4) is 12.1 Å². The summed E-state index contributed by atoms with van der Waals surface area (Å²) in [7, 11) is 7.00. The second kappa shape index (κ2) is 9.68. The van der Waals surface area contributed by atoms with Crippen molar-refractivity contribution < 1.29 is 4.39 Å². The third-order valence-corrected chi connectivity index (χ3v) is 8.62. The van der Waals surface area contributed by atoms with E-state index in [-0.39, 0.29) is 17.4 Å². The van der Waals surface area contributed by atoms with Gasteiger partial charge in [0, 0.05) is 23.9 Å². The van der Waals surface area contributed by atoms with E-state index in [0.717, 1.165) is 45.4 Å². The molecular weight excluding hydrogens is 379 g/mol. The second-order valence-corrected chi connectivity index (χ2v) is 10.9. The van der Waals surface area contributed by atoms with Gasteiger partial charge in [-0.3, -0.25) is 4.90 Å². The van der Waals surface area contributed by atoms with Crippen LogP contribution in [-0.4, -0.2) is 55.0 Å². The van der Waals surface area contributed by atoms with Crippen molar-refractivity contribution in [3.63, 3.8) is 0 Å². The number of piperidine rings is 2. The number of unbranched alkanes of at least 4 members (excludes halogenated alkanes) is 6. The fourth-order valence-electron chi connectivity index (χ4n) is 7.26. The summed E-state index contributed by atoms with van der Waals surface area (Å²) in [6, 6.07) is 5.17. The fourth-order valence-corrected chi connectivity index (χ4v) is 7.26. The average Bonchev–Trinajstić information content (AvgIpc) is 2.74. The molecule has 168 valence electrons. The van der Waals surface area contributed by atoms with Gasteiger partial charge in [0.1, 0.15) is 12.1 Å². The molecule has 0 aromatic heterocycles. The highest BCUT2D eigenvalue weighted by atomic mass is 15.3. The van der Waals surface area contributed by atoms with Crippen LogP contribution in [0.2, 0.25) is 0 Å². The van der Waals surface area contributed by atoms with Gasteiger partial charge in [-0.25, -0.2) is 0 Å². The summed E-state index contributed by atoms with van der Waals surface area (Å²) >= 11 is 0. The second-order valence-electron chi connectivity index (χ2n) is 10.9. The quantitative estimate of drug-likeness (QED) is 0.280. The van der Waals surface area contributed by atoms with Crippen LogP contribution in [0.25, 0.3) is 0 Å². The van der Waals surface area contributed by atoms with Crippen LogP contribution in [0.1, 0.15) is 85.5 Å². The molecule has 2 fully saturated rings. The van der Waals surface area contributed by atoms with E-state index in [2.05, 4.69) is 50.8 Å². The van der Waals surface area contributed by atoms with E-state index in [1.165, 1.54) is 44.1 Å². The van der Waals surface area contributed by atoms with Crippen molar-refractivity contribution in [3.05, 3.63) is 11.6 Å². The zero-order chi connectivity index (χ0) is 22.7. The lowest BCUT2D eigenvalue weighted by Gasteiger charge is -2.67. The van der Waals surface area contributed by atoms with Gasteiger partial charge in [-0.1, -0.05) is 64.5 Å². The molecule has 0 spiro atoms. The minimum absolute atomic E-state index is 0.0162. The average molecular weight is 421 g/mol. The molecule has 3 aliphatic heterocycles. The number of quaternary nitrogens is 1. The van der Waals surface area contributed by atoms with Gasteiger partial charge in [0.2, 0.25) is 5.54 Å². The normalized spacial score (nSPS) is 36.3. The third kappa shape index (κ3) is 4.21. The van der Waals surface area contributed by atoms with Crippen LogP contribution in [0.15, 0.2) is 11.6 Å². The number of fused-ring (bicyclic) bond motifs is 1. The van der Waals surface area contributed by atoms with Crippen LogP contribution in [-0.2, 0) is 0 Å². The maximum Gasteiger partial charge on any atom is 0.481 e. The SMILES string of the molecule is [B][N@@+]1(CCCCCC)CC[C@H]2[C@H]3C=C(C)[C@H](N(CCCCCC)C3(C#N)C#N)[C@@]2(C)C1. The van der Waals surface area contributed by atoms with E-state index in [4.69, 9.17) is 7.98 Å². The zero-order valence-corrected chi connectivity index (χ0v) is 20.4. The van der Waals surface area contributed by atoms with E-state index in [0.29, 0.717) is 10.3 Å². The summed E-state index contributed by atoms with van der Waals surface area (Å²) in [4.78, 5) is 2.30. The lowest BCUT2D eigenvalue weighted by Crippen LogP contribution is -2.76. The summed E-state index contributed by atoms with van der Waals surface area (Å²) < 4.78 is 0.656. The first kappa shape index (κ1) is 24.3. The molecule has 0 aromatic rings. The number of nitriles is 2. The molecular formula is C26H42BN4+. The van der Waals surface area contributed by atoms with Crippen LogP contribution in [0.5, 0.6) is 0 Å². The number of hydrogen-bond donors (Lipinski definition) is 0. The van der Waals surface area contributed by atoms with Crippen molar-refractivity contribution in [1.29, 1.82) is 10.5 Å². The molecule has 4 rings (SSSR count). The Morgan fingerprint density at radius 1 is 1.10 bits per heavy atom. The van der Waals surface area contributed by atoms with Gasteiger partial charge < -0.3 is 4.39 Å². The van der Waals surface area contributed by atoms with Gasteiger partial charge in [0.15, 0.2) is 0 Å². The number of hydrogen-bond acceptors (Lipinski definition) is 3. The van der Waals surface area contributed by atoms with E-state index < -0.39 is 5.54 Å². The van der Waals surface area contributed by atoms with E-state index in [9.17, 15) is 10.5 Å². The van der Waals surface area contributed by atoms with Gasteiger partial charge in [-0.05, 0) is 38.5 Å². The monoisotopic (exact) mass is 421 g/mol. The molecule has 4 aliphatic rings. The molecule has 0 amide bonds. The van der Waals surface area contributed by atoms with Crippen LogP contribution in [0, 0.1) is 39.9 Å². The first-order valence-electron chi connectivity index (χ1n) is 12.7. The summed E-state index contributed by atoms with van der Waals surface area (Å²) in [5.41, 5.74) is 0.340. The minimum atomic E-state index is -1.02. The Labute approximate surface area is 192 Å². The first-order valence-corrected chi connectivity index (χ1v) is 12.7. The Hall–Kier alpha value is -1.30. The van der Waals surface area contributed by atoms with Gasteiger partial charge >= 0.3 is 7.98 Å². The van der Waals surface area contributed by atoms with Crippen LogP contribution in [0.4, 0.5) is 0 Å².